The largest absolute Gasteiger partial charge is 0.341 e. The van der Waals surface area contributed by atoms with Crippen LogP contribution in [-0.4, -0.2) is 21.9 Å². The van der Waals surface area contributed by atoms with Crippen LogP contribution >= 0.6 is 0 Å². The number of rotatable bonds is 6. The molecule has 0 spiro atoms. The van der Waals surface area contributed by atoms with Crippen LogP contribution < -0.4 is 0 Å². The first kappa shape index (κ1) is 20.6. The molecule has 3 aromatic carbocycles. The summed E-state index contributed by atoms with van der Waals surface area (Å²) in [7, 11) is 0. The van der Waals surface area contributed by atoms with Crippen LogP contribution in [0.25, 0.3) is 28.1 Å². The lowest BCUT2D eigenvalue weighted by molar-refractivity contribution is -0.140. The zero-order chi connectivity index (χ0) is 22.6. The van der Waals surface area contributed by atoms with Crippen molar-refractivity contribution in [3.8, 4) is 0 Å². The van der Waals surface area contributed by atoms with Crippen molar-refractivity contribution in [3.05, 3.63) is 107 Å². The van der Waals surface area contributed by atoms with Crippen LogP contribution in [0.4, 0.5) is 0 Å². The van der Waals surface area contributed by atoms with Crippen molar-refractivity contribution in [2.24, 2.45) is 5.16 Å². The van der Waals surface area contributed by atoms with Gasteiger partial charge in [-0.3, -0.25) is 5.10 Å². The maximum Gasteiger partial charge on any atom is 0.341 e. The minimum atomic E-state index is -0.317. The number of fused-ring (bicyclic) bond motifs is 1. The molecule has 0 atom stereocenters. The monoisotopic (exact) mass is 433 g/mol. The quantitative estimate of drug-likeness (QED) is 0.289. The van der Waals surface area contributed by atoms with Crippen molar-refractivity contribution in [1.82, 2.24) is 10.2 Å². The highest BCUT2D eigenvalue weighted by atomic mass is 16.7. The maximum atomic E-state index is 11.2. The highest BCUT2D eigenvalue weighted by molar-refractivity contribution is 6.09. The van der Waals surface area contributed by atoms with Gasteiger partial charge in [-0.15, -0.1) is 0 Å². The van der Waals surface area contributed by atoms with Crippen LogP contribution in [0.15, 0.2) is 90.2 Å². The Balaban J connectivity index is 1.57. The SMILES string of the molecule is CC/C(=C(/c1ccc(/C=C/C2=NOC(=O)C2)cc1)c1ccc2[nH]ncc2c1)c1ccccc1. The molecule has 0 saturated carbocycles. The fourth-order valence-corrected chi connectivity index (χ4v) is 4.14. The van der Waals surface area contributed by atoms with Gasteiger partial charge in [-0.2, -0.15) is 5.10 Å². The zero-order valence-corrected chi connectivity index (χ0v) is 18.3. The lowest BCUT2D eigenvalue weighted by Crippen LogP contribution is -1.96. The second-order valence-electron chi connectivity index (χ2n) is 7.92. The normalized spacial score (nSPS) is 14.5. The third-order valence-corrected chi connectivity index (χ3v) is 5.76. The number of hydrogen-bond donors (Lipinski definition) is 1. The molecule has 0 radical (unpaired) electrons. The van der Waals surface area contributed by atoms with Crippen LogP contribution in [-0.2, 0) is 9.63 Å². The Morgan fingerprint density at radius 2 is 1.76 bits per heavy atom. The van der Waals surface area contributed by atoms with E-state index >= 15 is 0 Å². The average molecular weight is 434 g/mol. The molecular weight excluding hydrogens is 410 g/mol. The number of aromatic amines is 1. The molecule has 0 unspecified atom stereocenters. The first-order valence-corrected chi connectivity index (χ1v) is 11.0. The smallest absolute Gasteiger partial charge is 0.318 e. The number of nitrogens with zero attached hydrogens (tertiary/aromatic N) is 2. The lowest BCUT2D eigenvalue weighted by atomic mass is 9.87. The van der Waals surface area contributed by atoms with Gasteiger partial charge in [-0.05, 0) is 58.0 Å². The summed E-state index contributed by atoms with van der Waals surface area (Å²) in [5.74, 6) is -0.317. The third-order valence-electron chi connectivity index (χ3n) is 5.76. The van der Waals surface area contributed by atoms with Gasteiger partial charge < -0.3 is 4.84 Å². The lowest BCUT2D eigenvalue weighted by Gasteiger charge is -2.17. The number of oxime groups is 1. The molecule has 2 heterocycles. The maximum absolute atomic E-state index is 11.2. The molecule has 0 saturated heterocycles. The van der Waals surface area contributed by atoms with Gasteiger partial charge in [-0.25, -0.2) is 4.79 Å². The molecule has 0 amide bonds. The Morgan fingerprint density at radius 3 is 2.48 bits per heavy atom. The summed E-state index contributed by atoms with van der Waals surface area (Å²) in [5.41, 5.74) is 8.71. The minimum absolute atomic E-state index is 0.217. The van der Waals surface area contributed by atoms with E-state index in [4.69, 9.17) is 0 Å². The van der Waals surface area contributed by atoms with Gasteiger partial charge in [0, 0.05) is 5.39 Å². The summed E-state index contributed by atoms with van der Waals surface area (Å²) in [6, 6.07) is 25.4. The highest BCUT2D eigenvalue weighted by Crippen LogP contribution is 2.35. The van der Waals surface area contributed by atoms with Crippen molar-refractivity contribution in [2.45, 2.75) is 19.8 Å². The van der Waals surface area contributed by atoms with E-state index in [9.17, 15) is 4.79 Å². The Bertz CT molecular complexity index is 1390. The van der Waals surface area contributed by atoms with Gasteiger partial charge in [0.25, 0.3) is 0 Å². The van der Waals surface area contributed by atoms with E-state index < -0.39 is 0 Å². The summed E-state index contributed by atoms with van der Waals surface area (Å²) in [6.45, 7) is 2.20. The molecule has 162 valence electrons. The molecule has 0 bridgehead atoms. The van der Waals surface area contributed by atoms with Crippen LogP contribution in [0.2, 0.25) is 0 Å². The van der Waals surface area contributed by atoms with E-state index in [1.165, 1.54) is 16.7 Å². The summed E-state index contributed by atoms with van der Waals surface area (Å²) < 4.78 is 0. The predicted molar refractivity (Wildman–Crippen MR) is 132 cm³/mol. The topological polar surface area (TPSA) is 67.3 Å². The molecule has 5 heteroatoms. The molecule has 5 rings (SSSR count). The molecule has 1 aliphatic heterocycles. The van der Waals surface area contributed by atoms with Crippen molar-refractivity contribution in [3.63, 3.8) is 0 Å². The van der Waals surface area contributed by atoms with Gasteiger partial charge in [0.2, 0.25) is 0 Å². The summed E-state index contributed by atoms with van der Waals surface area (Å²) in [4.78, 5) is 15.9. The highest BCUT2D eigenvalue weighted by Gasteiger charge is 2.15. The number of nitrogens with one attached hydrogen (secondary N) is 1. The Morgan fingerprint density at radius 1 is 0.970 bits per heavy atom. The zero-order valence-electron chi connectivity index (χ0n) is 18.3. The second kappa shape index (κ2) is 9.09. The molecule has 0 aliphatic carbocycles. The van der Waals surface area contributed by atoms with Crippen LogP contribution in [0.3, 0.4) is 0 Å². The number of benzene rings is 3. The number of H-pyrrole nitrogens is 1. The van der Waals surface area contributed by atoms with Gasteiger partial charge in [-0.1, -0.05) is 78.8 Å². The second-order valence-corrected chi connectivity index (χ2v) is 7.92. The number of carbonyl (C=O) groups is 1. The Hall–Kier alpha value is -4.25. The fourth-order valence-electron chi connectivity index (χ4n) is 4.14. The van der Waals surface area contributed by atoms with Crippen molar-refractivity contribution >= 4 is 39.8 Å². The van der Waals surface area contributed by atoms with E-state index in [1.54, 1.807) is 0 Å². The average Bonchev–Trinajstić information content (AvgIpc) is 3.50. The first-order chi connectivity index (χ1) is 16.2. The summed E-state index contributed by atoms with van der Waals surface area (Å²) in [5, 5.41) is 12.1. The fraction of sp³-hybridized carbons (Fsp3) is 0.107. The van der Waals surface area contributed by atoms with E-state index in [1.807, 2.05) is 24.4 Å². The molecular formula is C28H23N3O2. The number of carbonyl (C=O) groups excluding carboxylic acids is 1. The molecule has 0 fully saturated rings. The van der Waals surface area contributed by atoms with E-state index in [0.29, 0.717) is 5.71 Å². The van der Waals surface area contributed by atoms with Gasteiger partial charge in [0.1, 0.15) is 0 Å². The summed E-state index contributed by atoms with van der Waals surface area (Å²) >= 11 is 0. The molecule has 1 aliphatic rings. The van der Waals surface area contributed by atoms with Gasteiger partial charge >= 0.3 is 5.97 Å². The molecule has 1 N–H and O–H groups in total. The standard InChI is InChI=1S/C28H23N3O2/c1-2-25(20-6-4-3-5-7-20)28(22-13-15-26-23(16-22)18-29-30-26)21-11-8-19(9-12-21)10-14-24-17-27(32)33-31-24/h3-16,18H,2,17H2,1H3,(H,29,30)/b14-10+,28-25+. The Labute approximate surface area is 192 Å². The predicted octanol–water partition coefficient (Wildman–Crippen LogP) is 6.25. The van der Waals surface area contributed by atoms with Crippen molar-refractivity contribution < 1.29 is 9.63 Å². The van der Waals surface area contributed by atoms with Crippen molar-refractivity contribution in [2.75, 3.05) is 0 Å². The first-order valence-electron chi connectivity index (χ1n) is 11.0. The molecule has 1 aromatic heterocycles. The van der Waals surface area contributed by atoms with Gasteiger partial charge in [0.15, 0.2) is 0 Å². The third kappa shape index (κ3) is 4.39. The van der Waals surface area contributed by atoms with Crippen LogP contribution in [0.1, 0.15) is 42.0 Å². The van der Waals surface area contributed by atoms with Crippen LogP contribution in [0.5, 0.6) is 0 Å². The molecule has 4 aromatic rings. The van der Waals surface area contributed by atoms with E-state index in [0.717, 1.165) is 34.0 Å². The van der Waals surface area contributed by atoms with E-state index in [-0.39, 0.29) is 12.4 Å². The minimum Gasteiger partial charge on any atom is -0.318 e. The molecule has 33 heavy (non-hydrogen) atoms. The number of hydrogen-bond acceptors (Lipinski definition) is 4. The van der Waals surface area contributed by atoms with Crippen molar-refractivity contribution in [1.29, 1.82) is 0 Å². The van der Waals surface area contributed by atoms with E-state index in [2.05, 4.69) is 93.8 Å². The van der Waals surface area contributed by atoms with Gasteiger partial charge in [0.05, 0.1) is 23.8 Å². The number of allylic oxidation sites excluding steroid dienone is 2. The van der Waals surface area contributed by atoms with Crippen LogP contribution in [0, 0.1) is 0 Å². The summed E-state index contributed by atoms with van der Waals surface area (Å²) in [6.07, 6.45) is 6.75. The molecule has 5 nitrogen and oxygen atoms in total. The number of aromatic nitrogens is 2. The Kier molecular flexibility index (Phi) is 5.68.